The van der Waals surface area contributed by atoms with Crippen LogP contribution in [0.4, 0.5) is 0 Å². The molecule has 0 aromatic heterocycles. The maximum Gasteiger partial charge on any atom is 0.231 e. The zero-order valence-electron chi connectivity index (χ0n) is 11.2. The van der Waals surface area contributed by atoms with Crippen molar-refractivity contribution in [3.8, 4) is 0 Å². The highest BCUT2D eigenvalue weighted by atomic mass is 17.4. The second-order valence-electron chi connectivity index (χ2n) is 5.80. The van der Waals surface area contributed by atoms with Crippen LogP contribution < -0.4 is 0 Å². The maximum absolute atomic E-state index is 5.35. The number of hydrogen-bond donors (Lipinski definition) is 0. The minimum absolute atomic E-state index is 0.451. The van der Waals surface area contributed by atoms with E-state index in [1.165, 1.54) is 0 Å². The Morgan fingerprint density at radius 1 is 0.688 bits per heavy atom. The van der Waals surface area contributed by atoms with Gasteiger partial charge in [0.2, 0.25) is 11.6 Å². The SMILES string of the molecule is CC(C)CC1(C)OOC(C)(CC(C)C)OO1. The van der Waals surface area contributed by atoms with E-state index in [1.54, 1.807) is 0 Å². The Morgan fingerprint density at radius 2 is 0.938 bits per heavy atom. The van der Waals surface area contributed by atoms with Gasteiger partial charge in [0.25, 0.3) is 0 Å². The monoisotopic (exact) mass is 232 g/mol. The Kier molecular flexibility index (Phi) is 4.35. The topological polar surface area (TPSA) is 36.9 Å². The lowest BCUT2D eigenvalue weighted by atomic mass is 10.0. The summed E-state index contributed by atoms with van der Waals surface area (Å²) in [6, 6.07) is 0. The molecule has 0 atom stereocenters. The highest BCUT2D eigenvalue weighted by molar-refractivity contribution is 4.68. The van der Waals surface area contributed by atoms with Crippen LogP contribution in [0.1, 0.15) is 54.4 Å². The first kappa shape index (κ1) is 13.9. The summed E-state index contributed by atoms with van der Waals surface area (Å²) >= 11 is 0. The first-order valence-corrected chi connectivity index (χ1v) is 5.98. The third-order valence-electron chi connectivity index (χ3n) is 2.35. The van der Waals surface area contributed by atoms with Gasteiger partial charge in [0.1, 0.15) is 0 Å². The average Bonchev–Trinajstić information content (AvgIpc) is 2.09. The van der Waals surface area contributed by atoms with E-state index in [9.17, 15) is 0 Å². The molecule has 0 aromatic carbocycles. The predicted molar refractivity (Wildman–Crippen MR) is 60.1 cm³/mol. The molecule has 0 aromatic rings. The molecule has 0 saturated carbocycles. The molecule has 0 N–H and O–H groups in total. The summed E-state index contributed by atoms with van der Waals surface area (Å²) in [7, 11) is 0. The Balaban J connectivity index is 2.49. The summed E-state index contributed by atoms with van der Waals surface area (Å²) in [5, 5.41) is 0. The molecule has 4 nitrogen and oxygen atoms in total. The van der Waals surface area contributed by atoms with Gasteiger partial charge < -0.3 is 0 Å². The van der Waals surface area contributed by atoms with Gasteiger partial charge in [0, 0.05) is 12.8 Å². The van der Waals surface area contributed by atoms with E-state index in [1.807, 2.05) is 13.8 Å². The van der Waals surface area contributed by atoms with E-state index in [0.29, 0.717) is 11.8 Å². The van der Waals surface area contributed by atoms with Gasteiger partial charge in [-0.15, -0.1) is 0 Å². The molecule has 1 saturated heterocycles. The van der Waals surface area contributed by atoms with E-state index in [4.69, 9.17) is 19.6 Å². The zero-order chi connectivity index (χ0) is 12.4. The first-order chi connectivity index (χ1) is 7.25. The van der Waals surface area contributed by atoms with E-state index >= 15 is 0 Å². The summed E-state index contributed by atoms with van der Waals surface area (Å²) in [5.74, 6) is -0.701. The van der Waals surface area contributed by atoms with Gasteiger partial charge in [-0.2, -0.15) is 19.6 Å². The fraction of sp³-hybridized carbons (Fsp3) is 1.00. The molecule has 16 heavy (non-hydrogen) atoms. The Labute approximate surface area is 98.1 Å². The molecule has 1 aliphatic heterocycles. The molecule has 0 unspecified atom stereocenters. The second kappa shape index (κ2) is 5.00. The zero-order valence-corrected chi connectivity index (χ0v) is 11.2. The molecule has 0 amide bonds. The van der Waals surface area contributed by atoms with Crippen LogP contribution in [0.5, 0.6) is 0 Å². The van der Waals surface area contributed by atoms with Gasteiger partial charge in [0.05, 0.1) is 0 Å². The van der Waals surface area contributed by atoms with Crippen molar-refractivity contribution < 1.29 is 19.6 Å². The largest absolute Gasteiger partial charge is 0.231 e. The minimum atomic E-state index is -0.801. The highest BCUT2D eigenvalue weighted by Crippen LogP contribution is 2.35. The van der Waals surface area contributed by atoms with Crippen molar-refractivity contribution in [1.29, 1.82) is 0 Å². The van der Waals surface area contributed by atoms with Crippen molar-refractivity contribution in [2.45, 2.75) is 66.0 Å². The molecule has 0 radical (unpaired) electrons. The van der Waals surface area contributed by atoms with Crippen molar-refractivity contribution in [3.63, 3.8) is 0 Å². The standard InChI is InChI=1S/C12H24O4/c1-9(2)7-11(5)13-15-12(6,16-14-11)8-10(3)4/h9-10H,7-8H2,1-6H3. The lowest BCUT2D eigenvalue weighted by Gasteiger charge is -2.41. The summed E-state index contributed by atoms with van der Waals surface area (Å²) in [6.45, 7) is 12.0. The van der Waals surface area contributed by atoms with E-state index < -0.39 is 11.6 Å². The minimum Gasteiger partial charge on any atom is -0.195 e. The molecule has 1 rings (SSSR count). The van der Waals surface area contributed by atoms with E-state index in [-0.39, 0.29) is 0 Å². The first-order valence-electron chi connectivity index (χ1n) is 5.98. The second-order valence-corrected chi connectivity index (χ2v) is 5.80. The Morgan fingerprint density at radius 3 is 1.12 bits per heavy atom. The molecular formula is C12H24O4. The number of hydrogen-bond acceptors (Lipinski definition) is 4. The van der Waals surface area contributed by atoms with Crippen LogP contribution in [0.25, 0.3) is 0 Å². The Hall–Kier alpha value is -0.160. The molecule has 1 heterocycles. The Bertz CT molecular complexity index is 193. The van der Waals surface area contributed by atoms with Gasteiger partial charge in [-0.3, -0.25) is 0 Å². The molecule has 0 bridgehead atoms. The van der Waals surface area contributed by atoms with E-state index in [0.717, 1.165) is 12.8 Å². The van der Waals surface area contributed by atoms with Gasteiger partial charge in [-0.1, -0.05) is 27.7 Å². The fourth-order valence-electron chi connectivity index (χ4n) is 2.00. The summed E-state index contributed by atoms with van der Waals surface area (Å²) in [6.07, 6.45) is 1.45. The van der Waals surface area contributed by atoms with Crippen LogP contribution in [-0.2, 0) is 19.6 Å². The van der Waals surface area contributed by atoms with Crippen LogP contribution in [0, 0.1) is 11.8 Å². The fourth-order valence-corrected chi connectivity index (χ4v) is 2.00. The molecule has 0 aliphatic carbocycles. The average molecular weight is 232 g/mol. The van der Waals surface area contributed by atoms with Gasteiger partial charge in [-0.05, 0) is 25.7 Å². The summed E-state index contributed by atoms with van der Waals surface area (Å²) in [4.78, 5) is 21.4. The smallest absolute Gasteiger partial charge is 0.195 e. The third kappa shape index (κ3) is 4.01. The highest BCUT2D eigenvalue weighted by Gasteiger charge is 2.44. The third-order valence-corrected chi connectivity index (χ3v) is 2.35. The molecular weight excluding hydrogens is 208 g/mol. The quantitative estimate of drug-likeness (QED) is 0.696. The summed E-state index contributed by atoms with van der Waals surface area (Å²) in [5.41, 5.74) is 0. The normalized spacial score (nSPS) is 36.0. The molecule has 96 valence electrons. The van der Waals surface area contributed by atoms with Gasteiger partial charge in [-0.25, -0.2) is 0 Å². The molecule has 1 fully saturated rings. The van der Waals surface area contributed by atoms with Crippen LogP contribution in [0.3, 0.4) is 0 Å². The predicted octanol–water partition coefficient (Wildman–Crippen LogP) is 3.42. The molecule has 0 spiro atoms. The van der Waals surface area contributed by atoms with Gasteiger partial charge in [0.15, 0.2) is 0 Å². The summed E-state index contributed by atoms with van der Waals surface area (Å²) < 4.78 is 0. The lowest BCUT2D eigenvalue weighted by molar-refractivity contribution is -0.653. The van der Waals surface area contributed by atoms with Crippen molar-refractivity contribution in [2.24, 2.45) is 11.8 Å². The maximum atomic E-state index is 5.35. The molecule has 1 aliphatic rings. The van der Waals surface area contributed by atoms with Gasteiger partial charge >= 0.3 is 0 Å². The van der Waals surface area contributed by atoms with Crippen LogP contribution in [0.2, 0.25) is 0 Å². The van der Waals surface area contributed by atoms with E-state index in [2.05, 4.69) is 27.7 Å². The van der Waals surface area contributed by atoms with Crippen LogP contribution in [-0.4, -0.2) is 11.6 Å². The lowest BCUT2D eigenvalue weighted by Crippen LogP contribution is -2.48. The number of rotatable bonds is 4. The van der Waals surface area contributed by atoms with Crippen molar-refractivity contribution in [2.75, 3.05) is 0 Å². The van der Waals surface area contributed by atoms with Crippen LogP contribution in [0.15, 0.2) is 0 Å². The van der Waals surface area contributed by atoms with Crippen molar-refractivity contribution >= 4 is 0 Å². The van der Waals surface area contributed by atoms with Crippen molar-refractivity contribution in [3.05, 3.63) is 0 Å². The van der Waals surface area contributed by atoms with Crippen molar-refractivity contribution in [1.82, 2.24) is 0 Å². The molecule has 4 heteroatoms. The van der Waals surface area contributed by atoms with Crippen LogP contribution >= 0.6 is 0 Å².